The Morgan fingerprint density at radius 1 is 1.47 bits per heavy atom. The highest BCUT2D eigenvalue weighted by Crippen LogP contribution is 2.29. The zero-order chi connectivity index (χ0) is 13.7. The highest BCUT2D eigenvalue weighted by atomic mass is 32.2. The Hall–Kier alpha value is -0.710. The number of rotatable bonds is 5. The number of piperidine rings is 1. The summed E-state index contributed by atoms with van der Waals surface area (Å²) in [4.78, 5) is 3.73. The molecule has 1 aliphatic heterocycles. The summed E-state index contributed by atoms with van der Waals surface area (Å²) in [6.07, 6.45) is 4.66. The van der Waals surface area contributed by atoms with Gasteiger partial charge in [-0.3, -0.25) is 4.90 Å². The van der Waals surface area contributed by atoms with Crippen LogP contribution in [0, 0.1) is 0 Å². The molecule has 0 saturated carbocycles. The average molecular weight is 280 g/mol. The Morgan fingerprint density at radius 2 is 2.32 bits per heavy atom. The molecule has 3 nitrogen and oxygen atoms in total. The van der Waals surface area contributed by atoms with Gasteiger partial charge in [0.2, 0.25) is 0 Å². The van der Waals surface area contributed by atoms with E-state index < -0.39 is 0 Å². The molecule has 0 aromatic heterocycles. The Kier molecular flexibility index (Phi) is 5.55. The first kappa shape index (κ1) is 14.7. The fourth-order valence-electron chi connectivity index (χ4n) is 2.67. The molecule has 1 aromatic carbocycles. The molecule has 0 aliphatic carbocycles. The lowest BCUT2D eigenvalue weighted by molar-refractivity contribution is 0.188. The zero-order valence-corrected chi connectivity index (χ0v) is 12.9. The molecule has 1 heterocycles. The summed E-state index contributed by atoms with van der Waals surface area (Å²) >= 11 is 1.73. The average Bonchev–Trinajstić information content (AvgIpc) is 2.47. The molecule has 1 fully saturated rings. The lowest BCUT2D eigenvalue weighted by atomic mass is 10.0. The number of benzene rings is 1. The SMILES string of the molecule is CNC1CCCN(Cc2ccc(SC)c(OC)c2)C1. The molecule has 0 amide bonds. The number of ether oxygens (including phenoxy) is 1. The van der Waals surface area contributed by atoms with Crippen molar-refractivity contribution >= 4 is 11.8 Å². The van der Waals surface area contributed by atoms with Crippen molar-refractivity contribution in [3.05, 3.63) is 23.8 Å². The third-order valence-corrected chi connectivity index (χ3v) is 4.54. The quantitative estimate of drug-likeness (QED) is 0.838. The first-order chi connectivity index (χ1) is 9.26. The third kappa shape index (κ3) is 3.88. The zero-order valence-electron chi connectivity index (χ0n) is 12.1. The molecule has 1 atom stereocenters. The minimum absolute atomic E-state index is 0.640. The van der Waals surface area contributed by atoms with E-state index >= 15 is 0 Å². The summed E-state index contributed by atoms with van der Waals surface area (Å²) in [5, 5.41) is 3.39. The molecule has 1 N–H and O–H groups in total. The lowest BCUT2D eigenvalue weighted by Gasteiger charge is -2.32. The van der Waals surface area contributed by atoms with E-state index in [0.717, 1.165) is 18.8 Å². The number of thioether (sulfide) groups is 1. The molecule has 2 rings (SSSR count). The summed E-state index contributed by atoms with van der Waals surface area (Å²) in [7, 11) is 3.81. The second-order valence-corrected chi connectivity index (χ2v) is 5.90. The number of nitrogens with zero attached hydrogens (tertiary/aromatic N) is 1. The summed E-state index contributed by atoms with van der Waals surface area (Å²) in [5.74, 6) is 0.993. The second kappa shape index (κ2) is 7.17. The Bertz CT molecular complexity index is 411. The largest absolute Gasteiger partial charge is 0.496 e. The van der Waals surface area contributed by atoms with Crippen LogP contribution in [-0.4, -0.2) is 44.4 Å². The normalized spacial score (nSPS) is 20.5. The smallest absolute Gasteiger partial charge is 0.132 e. The van der Waals surface area contributed by atoms with Gasteiger partial charge in [-0.15, -0.1) is 11.8 Å². The summed E-state index contributed by atoms with van der Waals surface area (Å²) in [5.41, 5.74) is 1.34. The minimum atomic E-state index is 0.640. The van der Waals surface area contributed by atoms with E-state index in [1.807, 2.05) is 0 Å². The van der Waals surface area contributed by atoms with Crippen LogP contribution in [0.3, 0.4) is 0 Å². The molecule has 0 radical (unpaired) electrons. The molecule has 1 unspecified atom stereocenters. The predicted molar refractivity (Wildman–Crippen MR) is 82.1 cm³/mol. The van der Waals surface area contributed by atoms with Crippen molar-refractivity contribution in [2.45, 2.75) is 30.3 Å². The van der Waals surface area contributed by atoms with Gasteiger partial charge >= 0.3 is 0 Å². The summed E-state index contributed by atoms with van der Waals surface area (Å²) in [6.45, 7) is 3.36. The van der Waals surface area contributed by atoms with Gasteiger partial charge in [-0.2, -0.15) is 0 Å². The van der Waals surface area contributed by atoms with Crippen LogP contribution in [0.15, 0.2) is 23.1 Å². The van der Waals surface area contributed by atoms with Crippen LogP contribution in [0.2, 0.25) is 0 Å². The third-order valence-electron chi connectivity index (χ3n) is 3.77. The van der Waals surface area contributed by atoms with Crippen molar-refractivity contribution in [3.63, 3.8) is 0 Å². The molecular weight excluding hydrogens is 256 g/mol. The van der Waals surface area contributed by atoms with Gasteiger partial charge in [0.25, 0.3) is 0 Å². The van der Waals surface area contributed by atoms with Crippen LogP contribution < -0.4 is 10.1 Å². The fraction of sp³-hybridized carbons (Fsp3) is 0.600. The fourth-order valence-corrected chi connectivity index (χ4v) is 3.22. The van der Waals surface area contributed by atoms with Gasteiger partial charge in [-0.1, -0.05) is 6.07 Å². The summed E-state index contributed by atoms with van der Waals surface area (Å²) in [6, 6.07) is 7.20. The molecule has 4 heteroatoms. The van der Waals surface area contributed by atoms with Gasteiger partial charge in [-0.25, -0.2) is 0 Å². The Balaban J connectivity index is 2.02. The van der Waals surface area contributed by atoms with E-state index in [2.05, 4.69) is 41.7 Å². The van der Waals surface area contributed by atoms with Crippen molar-refractivity contribution < 1.29 is 4.74 Å². The monoisotopic (exact) mass is 280 g/mol. The maximum absolute atomic E-state index is 5.46. The molecule has 106 valence electrons. The molecule has 0 spiro atoms. The number of methoxy groups -OCH3 is 1. The number of nitrogens with one attached hydrogen (secondary N) is 1. The number of hydrogen-bond acceptors (Lipinski definition) is 4. The summed E-state index contributed by atoms with van der Waals surface area (Å²) < 4.78 is 5.46. The van der Waals surface area contributed by atoms with Gasteiger partial charge in [-0.05, 0) is 50.4 Å². The van der Waals surface area contributed by atoms with Gasteiger partial charge in [0.05, 0.1) is 7.11 Å². The topological polar surface area (TPSA) is 24.5 Å². The van der Waals surface area contributed by atoms with E-state index in [1.54, 1.807) is 18.9 Å². The molecule has 0 bridgehead atoms. The van der Waals surface area contributed by atoms with Crippen LogP contribution in [-0.2, 0) is 6.54 Å². The molecule has 1 aromatic rings. The Labute approximate surface area is 120 Å². The highest BCUT2D eigenvalue weighted by Gasteiger charge is 2.18. The van der Waals surface area contributed by atoms with E-state index in [-0.39, 0.29) is 0 Å². The van der Waals surface area contributed by atoms with Gasteiger partial charge < -0.3 is 10.1 Å². The van der Waals surface area contributed by atoms with Crippen molar-refractivity contribution in [1.82, 2.24) is 10.2 Å². The van der Waals surface area contributed by atoms with Crippen molar-refractivity contribution in [2.75, 3.05) is 33.5 Å². The van der Waals surface area contributed by atoms with E-state index in [4.69, 9.17) is 4.74 Å². The van der Waals surface area contributed by atoms with Crippen molar-refractivity contribution in [2.24, 2.45) is 0 Å². The van der Waals surface area contributed by atoms with Crippen LogP contribution in [0.25, 0.3) is 0 Å². The molecular formula is C15H24N2OS. The molecule has 19 heavy (non-hydrogen) atoms. The first-order valence-electron chi connectivity index (χ1n) is 6.87. The van der Waals surface area contributed by atoms with Crippen LogP contribution >= 0.6 is 11.8 Å². The maximum atomic E-state index is 5.46. The Morgan fingerprint density at radius 3 is 3.00 bits per heavy atom. The van der Waals surface area contributed by atoms with E-state index in [1.165, 1.54) is 29.8 Å². The van der Waals surface area contributed by atoms with Gasteiger partial charge in [0.1, 0.15) is 5.75 Å². The molecule has 1 aliphatic rings. The highest BCUT2D eigenvalue weighted by molar-refractivity contribution is 7.98. The standard InChI is InChI=1S/C15H24N2OS/c1-16-13-5-4-8-17(11-13)10-12-6-7-15(19-3)14(9-12)18-2/h6-7,9,13,16H,4-5,8,10-11H2,1-3H3. The second-order valence-electron chi connectivity index (χ2n) is 5.05. The minimum Gasteiger partial charge on any atom is -0.496 e. The molecule has 1 saturated heterocycles. The van der Waals surface area contributed by atoms with Crippen LogP contribution in [0.1, 0.15) is 18.4 Å². The van der Waals surface area contributed by atoms with Crippen molar-refractivity contribution in [3.8, 4) is 5.75 Å². The van der Waals surface area contributed by atoms with Crippen LogP contribution in [0.4, 0.5) is 0 Å². The van der Waals surface area contributed by atoms with E-state index in [9.17, 15) is 0 Å². The number of likely N-dealkylation sites (tertiary alicyclic amines) is 1. The lowest BCUT2D eigenvalue weighted by Crippen LogP contribution is -2.43. The predicted octanol–water partition coefficient (Wildman–Crippen LogP) is 2.60. The van der Waals surface area contributed by atoms with E-state index in [0.29, 0.717) is 6.04 Å². The number of likely N-dealkylation sites (N-methyl/N-ethyl adjacent to an activating group) is 1. The van der Waals surface area contributed by atoms with Crippen molar-refractivity contribution in [1.29, 1.82) is 0 Å². The first-order valence-corrected chi connectivity index (χ1v) is 8.09. The maximum Gasteiger partial charge on any atom is 0.132 e. The van der Waals surface area contributed by atoms with Gasteiger partial charge in [0, 0.05) is 24.0 Å². The van der Waals surface area contributed by atoms with Crippen LogP contribution in [0.5, 0.6) is 5.75 Å². The van der Waals surface area contributed by atoms with Gasteiger partial charge in [0.15, 0.2) is 0 Å². The number of hydrogen-bond donors (Lipinski definition) is 1.